The fraction of sp³-hybridized carbons (Fsp3) is 0.348. The van der Waals surface area contributed by atoms with Crippen LogP contribution in [-0.2, 0) is 4.79 Å². The van der Waals surface area contributed by atoms with Crippen molar-refractivity contribution in [1.82, 2.24) is 15.1 Å². The van der Waals surface area contributed by atoms with Gasteiger partial charge in [-0.3, -0.25) is 4.79 Å². The summed E-state index contributed by atoms with van der Waals surface area (Å²) in [6.07, 6.45) is 1.20. The molecule has 2 aliphatic rings. The summed E-state index contributed by atoms with van der Waals surface area (Å²) in [6, 6.07) is 14.9. The number of amides is 1. The van der Waals surface area contributed by atoms with Crippen LogP contribution in [0.5, 0.6) is 17.2 Å². The van der Waals surface area contributed by atoms with E-state index in [1.807, 2.05) is 53.4 Å². The molecule has 3 aromatic rings. The van der Waals surface area contributed by atoms with Crippen LogP contribution in [0.1, 0.15) is 31.6 Å². The fourth-order valence-corrected chi connectivity index (χ4v) is 3.94. The lowest BCUT2D eigenvalue weighted by molar-refractivity contribution is -0.139. The Morgan fingerprint density at radius 1 is 1.13 bits per heavy atom. The smallest absolute Gasteiger partial charge is 0.263 e. The molecule has 1 aromatic heterocycles. The maximum absolute atomic E-state index is 12.9. The molecule has 2 unspecified atom stereocenters. The van der Waals surface area contributed by atoms with Crippen LogP contribution in [0.15, 0.2) is 52.9 Å². The summed E-state index contributed by atoms with van der Waals surface area (Å²) >= 11 is 0. The molecule has 8 nitrogen and oxygen atoms in total. The van der Waals surface area contributed by atoms with Gasteiger partial charge in [-0.15, -0.1) is 10.2 Å². The third-order valence-electron chi connectivity index (χ3n) is 5.55. The molecule has 5 rings (SSSR count). The van der Waals surface area contributed by atoms with Crippen molar-refractivity contribution >= 4 is 5.91 Å². The van der Waals surface area contributed by atoms with Gasteiger partial charge < -0.3 is 23.5 Å². The van der Waals surface area contributed by atoms with Gasteiger partial charge in [0.05, 0.1) is 5.92 Å². The standard InChI is InChI=1S/C23H23N3O5/c1-15(30-18-7-3-2-4-8-18)23(27)26-11-5-6-17(13-26)22-25-24-21(31-22)16-9-10-19-20(12-16)29-14-28-19/h2-4,7-10,12,15,17H,5-6,11,13-14H2,1H3. The zero-order valence-electron chi connectivity index (χ0n) is 17.2. The zero-order valence-corrected chi connectivity index (χ0v) is 17.2. The molecule has 8 heteroatoms. The predicted molar refractivity (Wildman–Crippen MR) is 111 cm³/mol. The highest BCUT2D eigenvalue weighted by Gasteiger charge is 2.31. The van der Waals surface area contributed by atoms with E-state index in [1.165, 1.54) is 0 Å². The summed E-state index contributed by atoms with van der Waals surface area (Å²) in [4.78, 5) is 14.7. The van der Waals surface area contributed by atoms with Crippen molar-refractivity contribution in [1.29, 1.82) is 0 Å². The molecular formula is C23H23N3O5. The van der Waals surface area contributed by atoms with Gasteiger partial charge in [0.2, 0.25) is 18.6 Å². The Morgan fingerprint density at radius 3 is 2.84 bits per heavy atom. The van der Waals surface area contributed by atoms with Crippen molar-refractivity contribution in [2.45, 2.75) is 31.8 Å². The molecular weight excluding hydrogens is 398 g/mol. The highest BCUT2D eigenvalue weighted by Crippen LogP contribution is 2.36. The Bertz CT molecular complexity index is 1070. The molecule has 2 atom stereocenters. The lowest BCUT2D eigenvalue weighted by atomic mass is 9.97. The van der Waals surface area contributed by atoms with Crippen molar-refractivity contribution in [2.24, 2.45) is 0 Å². The molecule has 0 spiro atoms. The number of likely N-dealkylation sites (tertiary alicyclic amines) is 1. The predicted octanol–water partition coefficient (Wildman–Crippen LogP) is 3.64. The zero-order chi connectivity index (χ0) is 21.2. The Hall–Kier alpha value is -3.55. The number of rotatable bonds is 5. The first-order chi connectivity index (χ1) is 15.2. The Labute approximate surface area is 179 Å². The normalized spacial score (nSPS) is 18.6. The van der Waals surface area contributed by atoms with Crippen LogP contribution in [0.3, 0.4) is 0 Å². The van der Waals surface area contributed by atoms with Gasteiger partial charge in [0.1, 0.15) is 5.75 Å². The van der Waals surface area contributed by atoms with E-state index in [0.29, 0.717) is 42.1 Å². The second-order valence-electron chi connectivity index (χ2n) is 7.71. The van der Waals surface area contributed by atoms with Gasteiger partial charge in [0.25, 0.3) is 5.91 Å². The van der Waals surface area contributed by atoms with Gasteiger partial charge in [0, 0.05) is 18.7 Å². The van der Waals surface area contributed by atoms with Crippen LogP contribution in [0.25, 0.3) is 11.5 Å². The van der Waals surface area contributed by atoms with Crippen molar-refractivity contribution < 1.29 is 23.4 Å². The maximum atomic E-state index is 12.9. The molecule has 0 saturated carbocycles. The van der Waals surface area contributed by atoms with Crippen LogP contribution >= 0.6 is 0 Å². The topological polar surface area (TPSA) is 86.9 Å². The highest BCUT2D eigenvalue weighted by atomic mass is 16.7. The van der Waals surface area contributed by atoms with Crippen molar-refractivity contribution in [2.75, 3.05) is 19.9 Å². The highest BCUT2D eigenvalue weighted by molar-refractivity contribution is 5.81. The molecule has 31 heavy (non-hydrogen) atoms. The molecule has 0 radical (unpaired) electrons. The lowest BCUT2D eigenvalue weighted by Crippen LogP contribution is -2.45. The fourth-order valence-electron chi connectivity index (χ4n) is 3.94. The third-order valence-corrected chi connectivity index (χ3v) is 5.55. The molecule has 3 heterocycles. The molecule has 1 amide bonds. The summed E-state index contributed by atoms with van der Waals surface area (Å²) in [5.41, 5.74) is 0.775. The quantitative estimate of drug-likeness (QED) is 0.622. The third kappa shape index (κ3) is 4.05. The van der Waals surface area contributed by atoms with Crippen LogP contribution in [0.2, 0.25) is 0 Å². The molecule has 1 fully saturated rings. The monoisotopic (exact) mass is 421 g/mol. The summed E-state index contributed by atoms with van der Waals surface area (Å²) in [5.74, 6) is 2.98. The summed E-state index contributed by atoms with van der Waals surface area (Å²) in [6.45, 7) is 3.22. The Balaban J connectivity index is 1.26. The average molecular weight is 421 g/mol. The van der Waals surface area contributed by atoms with Gasteiger partial charge in [-0.2, -0.15) is 0 Å². The maximum Gasteiger partial charge on any atom is 0.263 e. The van der Waals surface area contributed by atoms with Gasteiger partial charge in [-0.1, -0.05) is 18.2 Å². The first kappa shape index (κ1) is 19.4. The van der Waals surface area contributed by atoms with Crippen LogP contribution < -0.4 is 14.2 Å². The molecule has 2 aromatic carbocycles. The minimum absolute atomic E-state index is 0.00288. The van der Waals surface area contributed by atoms with E-state index in [-0.39, 0.29) is 18.6 Å². The minimum atomic E-state index is -0.562. The molecule has 0 N–H and O–H groups in total. The minimum Gasteiger partial charge on any atom is -0.481 e. The number of hydrogen-bond acceptors (Lipinski definition) is 7. The largest absolute Gasteiger partial charge is 0.481 e. The number of hydrogen-bond donors (Lipinski definition) is 0. The van der Waals surface area contributed by atoms with Gasteiger partial charge in [-0.05, 0) is 50.1 Å². The van der Waals surface area contributed by atoms with Gasteiger partial charge >= 0.3 is 0 Å². The Kier molecular flexibility index (Phi) is 5.19. The summed E-state index contributed by atoms with van der Waals surface area (Å²) in [5, 5.41) is 8.47. The van der Waals surface area contributed by atoms with E-state index in [4.69, 9.17) is 18.6 Å². The van der Waals surface area contributed by atoms with E-state index >= 15 is 0 Å². The average Bonchev–Trinajstić information content (AvgIpc) is 3.48. The Morgan fingerprint density at radius 2 is 1.97 bits per heavy atom. The van der Waals surface area contributed by atoms with Crippen molar-refractivity contribution in [3.05, 3.63) is 54.4 Å². The number of fused-ring (bicyclic) bond motifs is 1. The van der Waals surface area contributed by atoms with E-state index in [9.17, 15) is 4.79 Å². The van der Waals surface area contributed by atoms with Crippen LogP contribution in [0, 0.1) is 0 Å². The second kappa shape index (κ2) is 8.29. The number of carbonyl (C=O) groups excluding carboxylic acids is 1. The van der Waals surface area contributed by atoms with E-state index in [1.54, 1.807) is 6.92 Å². The molecule has 2 aliphatic heterocycles. The first-order valence-electron chi connectivity index (χ1n) is 10.4. The van der Waals surface area contributed by atoms with Crippen molar-refractivity contribution in [3.63, 3.8) is 0 Å². The molecule has 0 aliphatic carbocycles. The number of ether oxygens (including phenoxy) is 3. The number of para-hydroxylation sites is 1. The number of benzene rings is 2. The first-order valence-corrected chi connectivity index (χ1v) is 10.4. The number of carbonyl (C=O) groups is 1. The molecule has 160 valence electrons. The summed E-state index contributed by atoms with van der Waals surface area (Å²) in [7, 11) is 0. The van der Waals surface area contributed by atoms with Crippen LogP contribution in [0.4, 0.5) is 0 Å². The van der Waals surface area contributed by atoms with E-state index in [0.717, 1.165) is 18.4 Å². The van der Waals surface area contributed by atoms with Gasteiger partial charge in [-0.25, -0.2) is 0 Å². The SMILES string of the molecule is CC(Oc1ccccc1)C(=O)N1CCCC(c2nnc(-c3ccc4c(c3)OCO4)o2)C1. The molecule has 1 saturated heterocycles. The number of aromatic nitrogens is 2. The summed E-state index contributed by atoms with van der Waals surface area (Å²) < 4.78 is 22.5. The second-order valence-corrected chi connectivity index (χ2v) is 7.71. The van der Waals surface area contributed by atoms with Crippen molar-refractivity contribution in [3.8, 4) is 28.7 Å². The van der Waals surface area contributed by atoms with Gasteiger partial charge in [0.15, 0.2) is 17.6 Å². The number of piperidine rings is 1. The lowest BCUT2D eigenvalue weighted by Gasteiger charge is -2.32. The van der Waals surface area contributed by atoms with E-state index < -0.39 is 6.10 Å². The van der Waals surface area contributed by atoms with E-state index in [2.05, 4.69) is 10.2 Å². The number of nitrogens with zero attached hydrogens (tertiary/aromatic N) is 3. The van der Waals surface area contributed by atoms with Crippen LogP contribution in [-0.4, -0.2) is 47.0 Å². The molecule has 0 bridgehead atoms.